The minimum atomic E-state index is -4.65. The molecule has 0 aliphatic heterocycles. The largest absolute Gasteiger partial charge is 0.756 e. The van der Waals surface area contributed by atoms with E-state index in [9.17, 15) is 19.0 Å². The first-order valence-electron chi connectivity index (χ1n) is 41.9. The molecule has 2 unspecified atom stereocenters. The van der Waals surface area contributed by atoms with Crippen molar-refractivity contribution in [2.45, 2.75) is 405 Å². The molecule has 0 amide bonds. The number of esters is 2. The third kappa shape index (κ3) is 81.9. The van der Waals surface area contributed by atoms with Gasteiger partial charge in [-0.1, -0.05) is 387 Å². The van der Waals surface area contributed by atoms with E-state index in [-0.39, 0.29) is 32.0 Å². The minimum absolute atomic E-state index is 0.0316. The fraction of sp³-hybridized carbons (Fsp3) is 0.795. The van der Waals surface area contributed by atoms with Crippen LogP contribution in [0.25, 0.3) is 0 Å². The van der Waals surface area contributed by atoms with Gasteiger partial charge in [0.1, 0.15) is 19.8 Å². The van der Waals surface area contributed by atoms with E-state index in [1.165, 1.54) is 283 Å². The Hall–Kier alpha value is -3.07. The Labute approximate surface area is 608 Å². The quantitative estimate of drug-likeness (QED) is 0.0195. The highest BCUT2D eigenvalue weighted by Gasteiger charge is 2.22. The zero-order valence-electron chi connectivity index (χ0n) is 65.2. The van der Waals surface area contributed by atoms with Crippen LogP contribution in [-0.2, 0) is 32.7 Å². The number of nitrogens with zero attached hydrogens (tertiary/aromatic N) is 1. The van der Waals surface area contributed by atoms with Gasteiger partial charge in [-0.05, 0) is 96.3 Å². The maximum atomic E-state index is 12.9. The summed E-state index contributed by atoms with van der Waals surface area (Å²) >= 11 is 0. The molecule has 98 heavy (non-hydrogen) atoms. The topological polar surface area (TPSA) is 111 Å². The molecule has 2 atom stereocenters. The van der Waals surface area contributed by atoms with Crippen LogP contribution in [0.5, 0.6) is 0 Å². The fourth-order valence-electron chi connectivity index (χ4n) is 12.2. The molecule has 0 rings (SSSR count). The molecule has 9 nitrogen and oxygen atoms in total. The van der Waals surface area contributed by atoms with Gasteiger partial charge >= 0.3 is 11.9 Å². The molecule has 0 aliphatic carbocycles. The van der Waals surface area contributed by atoms with Crippen LogP contribution in [-0.4, -0.2) is 70.0 Å². The van der Waals surface area contributed by atoms with Crippen molar-refractivity contribution in [1.82, 2.24) is 0 Å². The highest BCUT2D eigenvalue weighted by molar-refractivity contribution is 7.45. The molecule has 0 aromatic rings. The molecule has 0 heterocycles. The maximum absolute atomic E-state index is 12.9. The Morgan fingerprint density at radius 2 is 0.582 bits per heavy atom. The van der Waals surface area contributed by atoms with Crippen LogP contribution in [0.15, 0.2) is 97.2 Å². The summed E-state index contributed by atoms with van der Waals surface area (Å²) in [7, 11) is 1.18. The summed E-state index contributed by atoms with van der Waals surface area (Å²) in [6.07, 6.45) is 110. The minimum Gasteiger partial charge on any atom is -0.756 e. The summed E-state index contributed by atoms with van der Waals surface area (Å²) in [5.41, 5.74) is 0. The van der Waals surface area contributed by atoms with E-state index in [0.717, 1.165) is 83.5 Å². The summed E-state index contributed by atoms with van der Waals surface area (Å²) in [4.78, 5) is 38.2. The van der Waals surface area contributed by atoms with Gasteiger partial charge in [0.25, 0.3) is 7.82 Å². The average Bonchev–Trinajstić information content (AvgIpc) is 1.08. The number of rotatable bonds is 78. The second kappa shape index (κ2) is 78.1. The van der Waals surface area contributed by atoms with Crippen LogP contribution in [0.1, 0.15) is 399 Å². The van der Waals surface area contributed by atoms with Gasteiger partial charge in [-0.3, -0.25) is 14.2 Å². The first-order chi connectivity index (χ1) is 48.0. The van der Waals surface area contributed by atoms with Crippen molar-refractivity contribution in [3.63, 3.8) is 0 Å². The highest BCUT2D eigenvalue weighted by atomic mass is 31.2. The van der Waals surface area contributed by atoms with E-state index in [1.54, 1.807) is 0 Å². The van der Waals surface area contributed by atoms with E-state index in [2.05, 4.69) is 111 Å². The third-order valence-corrected chi connectivity index (χ3v) is 19.6. The number of hydrogen-bond donors (Lipinski definition) is 0. The van der Waals surface area contributed by atoms with Crippen molar-refractivity contribution in [3.05, 3.63) is 97.2 Å². The van der Waals surface area contributed by atoms with Crippen molar-refractivity contribution in [1.29, 1.82) is 0 Å². The lowest BCUT2D eigenvalue weighted by atomic mass is 10.0. The maximum Gasteiger partial charge on any atom is 0.306 e. The van der Waals surface area contributed by atoms with E-state index in [1.807, 2.05) is 21.1 Å². The van der Waals surface area contributed by atoms with Gasteiger partial charge in [0.05, 0.1) is 27.7 Å². The molecule has 10 heteroatoms. The second-order valence-corrected chi connectivity index (χ2v) is 30.9. The standard InChI is InChI=1S/C88H160NO8P/c1-6-8-10-12-14-16-18-20-22-24-26-28-30-32-34-36-38-40-41-42-43-44-45-46-47-49-50-52-54-56-58-60-62-64-66-68-70-72-74-76-78-80-87(90)94-84-86(85-96-98(92,93)95-83-82-89(3,4)5)97-88(91)81-79-77-75-73-71-69-67-65-63-61-59-57-55-53-51-48-39-37-35-33-31-29-27-25-23-21-19-17-15-13-11-9-7-2/h9,11,15,17-18,20-21,23-24,26-27,29,33,35,39,48,86H,6-8,10,12-14,16,19,22,25,28,30-32,34,36-38,40-47,49-85H2,1-5H3/b11-9-,17-15-,20-18-,23-21-,26-24-,29-27-,35-33-,48-39-. The number of allylic oxidation sites excluding steroid dienone is 16. The molecule has 0 radical (unpaired) electrons. The van der Waals surface area contributed by atoms with Gasteiger partial charge in [0.15, 0.2) is 6.10 Å². The number of hydrogen-bond acceptors (Lipinski definition) is 8. The molecule has 0 bridgehead atoms. The average molecular weight is 1390 g/mol. The fourth-order valence-corrected chi connectivity index (χ4v) is 13.0. The Morgan fingerprint density at radius 1 is 0.327 bits per heavy atom. The number of likely N-dealkylation sites (N-methyl/N-ethyl adjacent to an activating group) is 1. The molecule has 0 aromatic carbocycles. The lowest BCUT2D eigenvalue weighted by Gasteiger charge is -2.28. The van der Waals surface area contributed by atoms with Crippen LogP contribution in [0.4, 0.5) is 0 Å². The molecule has 0 saturated heterocycles. The summed E-state index contributed by atoms with van der Waals surface area (Å²) in [5, 5.41) is 0. The number of quaternary nitrogens is 1. The lowest BCUT2D eigenvalue weighted by Crippen LogP contribution is -2.37. The Bertz CT molecular complexity index is 1980. The SMILES string of the molecule is CC/C=C\C/C=C\C/C=C\C/C=C\C/C=C\C/C=C\CCCCCCCCCCCCCCCCC(=O)OC(COC(=O)CCCCCCCCCCCCCCCCCCCCCCCCCCCCCCC/C=C\C/C=C\CCCCCCC)COP(=O)([O-])OCC[N+](C)(C)C. The molecule has 0 fully saturated rings. The Kier molecular flexibility index (Phi) is 75.6. The molecular formula is C88H160NO8P. The third-order valence-electron chi connectivity index (χ3n) is 18.6. The highest BCUT2D eigenvalue weighted by Crippen LogP contribution is 2.38. The number of carbonyl (C=O) groups excluding carboxylic acids is 2. The molecular weight excluding hydrogens is 1230 g/mol. The smallest absolute Gasteiger partial charge is 0.306 e. The first kappa shape index (κ1) is 94.9. The number of phosphoric acid groups is 1. The predicted molar refractivity (Wildman–Crippen MR) is 425 cm³/mol. The van der Waals surface area contributed by atoms with Crippen molar-refractivity contribution in [2.24, 2.45) is 0 Å². The van der Waals surface area contributed by atoms with Crippen molar-refractivity contribution < 1.29 is 42.1 Å². The predicted octanol–water partition coefficient (Wildman–Crippen LogP) is 27.5. The van der Waals surface area contributed by atoms with Crippen LogP contribution >= 0.6 is 7.82 Å². The summed E-state index contributed by atoms with van der Waals surface area (Å²) in [6, 6.07) is 0. The number of unbranched alkanes of at least 4 members (excludes halogenated alkanes) is 48. The molecule has 0 spiro atoms. The van der Waals surface area contributed by atoms with Gasteiger partial charge in [-0.2, -0.15) is 0 Å². The van der Waals surface area contributed by atoms with Gasteiger partial charge < -0.3 is 27.9 Å². The zero-order chi connectivity index (χ0) is 71.1. The zero-order valence-corrected chi connectivity index (χ0v) is 66.1. The Balaban J connectivity index is 3.90. The van der Waals surface area contributed by atoms with E-state index >= 15 is 0 Å². The van der Waals surface area contributed by atoms with E-state index < -0.39 is 26.5 Å². The van der Waals surface area contributed by atoms with Crippen LogP contribution in [0, 0.1) is 0 Å². The normalized spacial score (nSPS) is 13.5. The van der Waals surface area contributed by atoms with Gasteiger partial charge in [0, 0.05) is 12.8 Å². The van der Waals surface area contributed by atoms with Gasteiger partial charge in [0.2, 0.25) is 0 Å². The number of phosphoric ester groups is 1. The van der Waals surface area contributed by atoms with Crippen molar-refractivity contribution in [3.8, 4) is 0 Å². The van der Waals surface area contributed by atoms with E-state index in [4.69, 9.17) is 18.5 Å². The molecule has 0 N–H and O–H groups in total. The van der Waals surface area contributed by atoms with Crippen LogP contribution < -0.4 is 4.89 Å². The summed E-state index contributed by atoms with van der Waals surface area (Å²) in [6.45, 7) is 4.17. The van der Waals surface area contributed by atoms with Crippen LogP contribution in [0.3, 0.4) is 0 Å². The molecule has 0 aromatic heterocycles. The Morgan fingerprint density at radius 3 is 0.867 bits per heavy atom. The molecule has 0 saturated carbocycles. The molecule has 0 aliphatic rings. The van der Waals surface area contributed by atoms with Crippen molar-refractivity contribution >= 4 is 19.8 Å². The van der Waals surface area contributed by atoms with Crippen molar-refractivity contribution in [2.75, 3.05) is 47.5 Å². The van der Waals surface area contributed by atoms with Crippen LogP contribution in [0.2, 0.25) is 0 Å². The van der Waals surface area contributed by atoms with Gasteiger partial charge in [-0.15, -0.1) is 0 Å². The lowest BCUT2D eigenvalue weighted by molar-refractivity contribution is -0.870. The molecule has 570 valence electrons. The monoisotopic (exact) mass is 1390 g/mol. The summed E-state index contributed by atoms with van der Waals surface area (Å²) < 4.78 is 34.4. The number of ether oxygens (including phenoxy) is 2. The number of carbonyl (C=O) groups is 2. The van der Waals surface area contributed by atoms with Gasteiger partial charge in [-0.25, -0.2) is 0 Å². The first-order valence-corrected chi connectivity index (χ1v) is 43.4. The second-order valence-electron chi connectivity index (χ2n) is 29.5. The summed E-state index contributed by atoms with van der Waals surface area (Å²) in [5.74, 6) is -0.818. The van der Waals surface area contributed by atoms with E-state index in [0.29, 0.717) is 17.4 Å².